The molecule has 23 heavy (non-hydrogen) atoms. The van der Waals surface area contributed by atoms with Crippen molar-refractivity contribution < 1.29 is 14.6 Å². The highest BCUT2D eigenvalue weighted by atomic mass is 16.5. The molecule has 1 saturated carbocycles. The minimum absolute atomic E-state index is 0.129. The number of aromatic nitrogens is 1. The number of hydrogen-bond acceptors (Lipinski definition) is 3. The summed E-state index contributed by atoms with van der Waals surface area (Å²) >= 11 is 0. The van der Waals surface area contributed by atoms with Crippen LogP contribution < -0.4 is 10.1 Å². The maximum atomic E-state index is 12.6. The second kappa shape index (κ2) is 6.87. The Balaban J connectivity index is 1.78. The minimum atomic E-state index is -0.134. The maximum Gasteiger partial charge on any atom is 0.272 e. The molecule has 2 aromatic rings. The number of amides is 1. The number of rotatable bonds is 5. The Bertz CT molecular complexity index is 687. The quantitative estimate of drug-likeness (QED) is 0.889. The van der Waals surface area contributed by atoms with Crippen molar-refractivity contribution in [1.82, 2.24) is 4.57 Å². The van der Waals surface area contributed by atoms with Crippen molar-refractivity contribution in [3.05, 3.63) is 47.8 Å². The third kappa shape index (κ3) is 3.24. The van der Waals surface area contributed by atoms with E-state index in [-0.39, 0.29) is 12.5 Å². The standard InChI is InChI=1S/C18H22N2O3/c1-23-17-9-8-14(11-13(17)12-21)19-18(22)16-7-4-10-20(16)15-5-2-3-6-15/h4,7-11,15,21H,2-3,5-6,12H2,1H3,(H,19,22). The second-order valence-corrected chi connectivity index (χ2v) is 5.88. The maximum absolute atomic E-state index is 12.6. The van der Waals surface area contributed by atoms with Gasteiger partial charge in [0.25, 0.3) is 5.91 Å². The van der Waals surface area contributed by atoms with Gasteiger partial charge in [0.15, 0.2) is 0 Å². The molecule has 0 spiro atoms. The van der Waals surface area contributed by atoms with Crippen LogP contribution in [0.5, 0.6) is 5.75 Å². The Labute approximate surface area is 135 Å². The molecule has 1 amide bonds. The van der Waals surface area contributed by atoms with Crippen LogP contribution in [-0.4, -0.2) is 22.7 Å². The zero-order valence-electron chi connectivity index (χ0n) is 13.3. The van der Waals surface area contributed by atoms with Crippen LogP contribution in [-0.2, 0) is 6.61 Å². The molecule has 0 saturated heterocycles. The Morgan fingerprint density at radius 2 is 2.13 bits per heavy atom. The van der Waals surface area contributed by atoms with Gasteiger partial charge in [-0.05, 0) is 43.2 Å². The summed E-state index contributed by atoms with van der Waals surface area (Å²) < 4.78 is 7.26. The van der Waals surface area contributed by atoms with Crippen LogP contribution in [0.4, 0.5) is 5.69 Å². The summed E-state index contributed by atoms with van der Waals surface area (Å²) in [5, 5.41) is 12.3. The van der Waals surface area contributed by atoms with Gasteiger partial charge in [-0.15, -0.1) is 0 Å². The van der Waals surface area contributed by atoms with Crippen molar-refractivity contribution in [3.8, 4) is 5.75 Å². The molecule has 1 fully saturated rings. The van der Waals surface area contributed by atoms with E-state index in [0.29, 0.717) is 28.7 Å². The summed E-state index contributed by atoms with van der Waals surface area (Å²) in [4.78, 5) is 12.6. The Morgan fingerprint density at radius 1 is 1.35 bits per heavy atom. The number of nitrogens with zero attached hydrogens (tertiary/aromatic N) is 1. The number of anilines is 1. The average Bonchev–Trinajstić information content (AvgIpc) is 3.25. The first-order valence-corrected chi connectivity index (χ1v) is 7.99. The second-order valence-electron chi connectivity index (χ2n) is 5.88. The van der Waals surface area contributed by atoms with Crippen LogP contribution in [0.3, 0.4) is 0 Å². The number of carbonyl (C=O) groups is 1. The number of hydrogen-bond donors (Lipinski definition) is 2. The lowest BCUT2D eigenvalue weighted by Gasteiger charge is -2.16. The Hall–Kier alpha value is -2.27. The monoisotopic (exact) mass is 314 g/mol. The molecule has 0 bridgehead atoms. The largest absolute Gasteiger partial charge is 0.496 e. The third-order valence-electron chi connectivity index (χ3n) is 4.44. The highest BCUT2D eigenvalue weighted by molar-refractivity contribution is 6.03. The molecule has 1 aromatic carbocycles. The molecule has 0 radical (unpaired) electrons. The van der Waals surface area contributed by atoms with Crippen molar-refractivity contribution in [1.29, 1.82) is 0 Å². The van der Waals surface area contributed by atoms with Crippen molar-refractivity contribution in [2.24, 2.45) is 0 Å². The summed E-state index contributed by atoms with van der Waals surface area (Å²) in [6.45, 7) is -0.134. The minimum Gasteiger partial charge on any atom is -0.496 e. The van der Waals surface area contributed by atoms with Crippen LogP contribution in [0, 0.1) is 0 Å². The topological polar surface area (TPSA) is 63.5 Å². The lowest BCUT2D eigenvalue weighted by atomic mass is 10.2. The molecule has 0 unspecified atom stereocenters. The summed E-state index contributed by atoms with van der Waals surface area (Å²) in [5.41, 5.74) is 1.98. The van der Waals surface area contributed by atoms with E-state index >= 15 is 0 Å². The highest BCUT2D eigenvalue weighted by Crippen LogP contribution is 2.31. The predicted octanol–water partition coefficient (Wildman–Crippen LogP) is 3.36. The van der Waals surface area contributed by atoms with Gasteiger partial charge in [-0.25, -0.2) is 0 Å². The fraction of sp³-hybridized carbons (Fsp3) is 0.389. The predicted molar refractivity (Wildman–Crippen MR) is 88.8 cm³/mol. The molecule has 1 heterocycles. The lowest BCUT2D eigenvalue weighted by molar-refractivity contribution is 0.101. The highest BCUT2D eigenvalue weighted by Gasteiger charge is 2.21. The number of carbonyl (C=O) groups excluding carboxylic acids is 1. The number of benzene rings is 1. The third-order valence-corrected chi connectivity index (χ3v) is 4.44. The molecule has 3 rings (SSSR count). The van der Waals surface area contributed by atoms with Crippen molar-refractivity contribution >= 4 is 11.6 Å². The molecule has 122 valence electrons. The molecule has 5 nitrogen and oxygen atoms in total. The summed E-state index contributed by atoms with van der Waals surface area (Å²) in [7, 11) is 1.56. The van der Waals surface area contributed by atoms with Gasteiger partial charge < -0.3 is 19.7 Å². The van der Waals surface area contributed by atoms with Crippen LogP contribution in [0.15, 0.2) is 36.5 Å². The molecule has 1 aliphatic carbocycles. The number of aliphatic hydroxyl groups excluding tert-OH is 1. The normalized spacial score (nSPS) is 14.9. The van der Waals surface area contributed by atoms with E-state index in [1.165, 1.54) is 12.8 Å². The molecule has 0 aliphatic heterocycles. The van der Waals surface area contributed by atoms with Crippen LogP contribution >= 0.6 is 0 Å². The molecule has 1 aliphatic rings. The number of aliphatic hydroxyl groups is 1. The van der Waals surface area contributed by atoms with E-state index in [0.717, 1.165) is 12.8 Å². The number of methoxy groups -OCH3 is 1. The number of ether oxygens (including phenoxy) is 1. The van der Waals surface area contributed by atoms with Crippen molar-refractivity contribution in [3.63, 3.8) is 0 Å². The molecular weight excluding hydrogens is 292 g/mol. The average molecular weight is 314 g/mol. The lowest BCUT2D eigenvalue weighted by Crippen LogP contribution is -2.18. The summed E-state index contributed by atoms with van der Waals surface area (Å²) in [5.74, 6) is 0.482. The first-order valence-electron chi connectivity index (χ1n) is 7.99. The van der Waals surface area contributed by atoms with Gasteiger partial charge in [-0.1, -0.05) is 12.8 Å². The molecule has 0 atom stereocenters. The zero-order chi connectivity index (χ0) is 16.2. The zero-order valence-corrected chi connectivity index (χ0v) is 13.3. The van der Waals surface area contributed by atoms with Crippen LogP contribution in [0.1, 0.15) is 47.8 Å². The van der Waals surface area contributed by atoms with E-state index < -0.39 is 0 Å². The van der Waals surface area contributed by atoms with Crippen molar-refractivity contribution in [2.75, 3.05) is 12.4 Å². The number of nitrogens with one attached hydrogen (secondary N) is 1. The summed E-state index contributed by atoms with van der Waals surface area (Å²) in [6, 6.07) is 9.45. The van der Waals surface area contributed by atoms with Gasteiger partial charge in [0.05, 0.1) is 13.7 Å². The smallest absolute Gasteiger partial charge is 0.272 e. The van der Waals surface area contributed by atoms with Gasteiger partial charge in [0.1, 0.15) is 11.4 Å². The fourth-order valence-corrected chi connectivity index (χ4v) is 3.26. The van der Waals surface area contributed by atoms with E-state index in [1.807, 2.05) is 18.3 Å². The first-order chi connectivity index (χ1) is 11.2. The SMILES string of the molecule is COc1ccc(NC(=O)c2cccn2C2CCCC2)cc1CO. The van der Waals surface area contributed by atoms with E-state index in [9.17, 15) is 9.90 Å². The van der Waals surface area contributed by atoms with Gasteiger partial charge in [-0.3, -0.25) is 4.79 Å². The molecule has 1 aromatic heterocycles. The van der Waals surface area contributed by atoms with E-state index in [4.69, 9.17) is 4.74 Å². The van der Waals surface area contributed by atoms with Crippen LogP contribution in [0.2, 0.25) is 0 Å². The Morgan fingerprint density at radius 3 is 2.83 bits per heavy atom. The van der Waals surface area contributed by atoms with Crippen molar-refractivity contribution in [2.45, 2.75) is 38.3 Å². The Kier molecular flexibility index (Phi) is 4.67. The van der Waals surface area contributed by atoms with Gasteiger partial charge in [0.2, 0.25) is 0 Å². The summed E-state index contributed by atoms with van der Waals surface area (Å²) in [6.07, 6.45) is 6.70. The molecular formula is C18H22N2O3. The van der Waals surface area contributed by atoms with Gasteiger partial charge in [-0.2, -0.15) is 0 Å². The fourth-order valence-electron chi connectivity index (χ4n) is 3.26. The van der Waals surface area contributed by atoms with Gasteiger partial charge in [0, 0.05) is 23.5 Å². The van der Waals surface area contributed by atoms with Crippen LogP contribution in [0.25, 0.3) is 0 Å². The molecule has 2 N–H and O–H groups in total. The van der Waals surface area contributed by atoms with E-state index in [2.05, 4.69) is 9.88 Å². The van der Waals surface area contributed by atoms with E-state index in [1.54, 1.807) is 25.3 Å². The first kappa shape index (κ1) is 15.6. The molecule has 5 heteroatoms. The van der Waals surface area contributed by atoms with Gasteiger partial charge >= 0.3 is 0 Å².